The number of aryl methyl sites for hydroxylation is 2. The van der Waals surface area contributed by atoms with Gasteiger partial charge in [-0.2, -0.15) is 0 Å². The van der Waals surface area contributed by atoms with E-state index in [2.05, 4.69) is 15.6 Å². The molecule has 3 aromatic rings. The minimum Gasteiger partial charge on any atom is -0.488 e. The normalized spacial score (nSPS) is 13.1. The number of ether oxygens (including phenoxy) is 1. The fourth-order valence-electron chi connectivity index (χ4n) is 2.95. The standard InChI is InChI=1S/C20H23N3O4S2/c1-11-17(18(25)23-20(3,10-24)19(26)21-4)15-7-13(5-6-16(15)28-11)27-9-14-8-22-12(2)29-14/h5-8,24H,9-10H2,1-4H3,(H,21,26)(H,23,25). The Labute approximate surface area is 176 Å². The van der Waals surface area contributed by atoms with Crippen LogP contribution in [0.5, 0.6) is 5.75 Å². The fraction of sp³-hybridized carbons (Fsp3) is 0.350. The molecule has 3 N–H and O–H groups in total. The van der Waals surface area contributed by atoms with Crippen LogP contribution >= 0.6 is 22.7 Å². The first-order chi connectivity index (χ1) is 13.8. The summed E-state index contributed by atoms with van der Waals surface area (Å²) in [5.74, 6) is -0.231. The molecule has 9 heteroatoms. The molecule has 1 unspecified atom stereocenters. The van der Waals surface area contributed by atoms with Crippen LogP contribution < -0.4 is 15.4 Å². The van der Waals surface area contributed by atoms with Gasteiger partial charge in [-0.05, 0) is 39.0 Å². The molecule has 29 heavy (non-hydrogen) atoms. The van der Waals surface area contributed by atoms with Crippen LogP contribution in [-0.4, -0.2) is 41.1 Å². The third kappa shape index (κ3) is 4.42. The highest BCUT2D eigenvalue weighted by molar-refractivity contribution is 7.19. The molecule has 154 valence electrons. The van der Waals surface area contributed by atoms with E-state index in [1.165, 1.54) is 25.3 Å². The molecule has 7 nitrogen and oxygen atoms in total. The van der Waals surface area contributed by atoms with E-state index in [4.69, 9.17) is 4.74 Å². The van der Waals surface area contributed by atoms with Gasteiger partial charge in [0.1, 0.15) is 17.9 Å². The van der Waals surface area contributed by atoms with Crippen LogP contribution in [-0.2, 0) is 11.4 Å². The number of aliphatic hydroxyl groups excluding tert-OH is 1. The smallest absolute Gasteiger partial charge is 0.253 e. The maximum atomic E-state index is 13.0. The van der Waals surface area contributed by atoms with Crippen LogP contribution in [0.3, 0.4) is 0 Å². The maximum Gasteiger partial charge on any atom is 0.253 e. The number of thiophene rings is 1. The number of rotatable bonds is 7. The summed E-state index contributed by atoms with van der Waals surface area (Å²) < 4.78 is 6.82. The number of fused-ring (bicyclic) bond motifs is 1. The van der Waals surface area contributed by atoms with Gasteiger partial charge in [0.15, 0.2) is 0 Å². The molecule has 0 radical (unpaired) electrons. The van der Waals surface area contributed by atoms with Gasteiger partial charge in [-0.15, -0.1) is 22.7 Å². The van der Waals surface area contributed by atoms with Crippen molar-refractivity contribution in [3.05, 3.63) is 44.7 Å². The van der Waals surface area contributed by atoms with Crippen molar-refractivity contribution in [1.82, 2.24) is 15.6 Å². The summed E-state index contributed by atoms with van der Waals surface area (Å²) >= 11 is 3.07. The van der Waals surface area contributed by atoms with Crippen LogP contribution in [0.15, 0.2) is 24.4 Å². The Morgan fingerprint density at radius 3 is 2.66 bits per heavy atom. The van der Waals surface area contributed by atoms with Crippen molar-refractivity contribution in [2.24, 2.45) is 0 Å². The molecule has 3 rings (SSSR count). The third-order valence-corrected chi connectivity index (χ3v) is 6.52. The molecule has 0 saturated carbocycles. The number of likely N-dealkylation sites (N-methyl/N-ethyl adjacent to an activating group) is 1. The lowest BCUT2D eigenvalue weighted by molar-refractivity contribution is -0.127. The first-order valence-electron chi connectivity index (χ1n) is 9.00. The molecule has 2 aromatic heterocycles. The molecule has 2 heterocycles. The second-order valence-corrected chi connectivity index (χ2v) is 9.42. The van der Waals surface area contributed by atoms with Crippen molar-refractivity contribution in [2.75, 3.05) is 13.7 Å². The van der Waals surface area contributed by atoms with Crippen LogP contribution in [0.2, 0.25) is 0 Å². The highest BCUT2D eigenvalue weighted by Gasteiger charge is 2.34. The quantitative estimate of drug-likeness (QED) is 0.532. The topological polar surface area (TPSA) is 101 Å². The molecular formula is C20H23N3O4S2. The maximum absolute atomic E-state index is 13.0. The number of carbonyl (C=O) groups is 2. The first kappa shape index (κ1) is 21.2. The molecular weight excluding hydrogens is 410 g/mol. The Morgan fingerprint density at radius 2 is 2.03 bits per heavy atom. The number of carbonyl (C=O) groups excluding carboxylic acids is 2. The van der Waals surface area contributed by atoms with Crippen molar-refractivity contribution in [3.8, 4) is 5.75 Å². The van der Waals surface area contributed by atoms with Crippen molar-refractivity contribution in [2.45, 2.75) is 32.9 Å². The predicted octanol–water partition coefficient (Wildman–Crippen LogP) is 2.78. The lowest BCUT2D eigenvalue weighted by Crippen LogP contribution is -2.58. The SMILES string of the molecule is CNC(=O)C(C)(CO)NC(=O)c1c(C)sc2ccc(OCc3cnc(C)s3)cc12. The van der Waals surface area contributed by atoms with Crippen LogP contribution in [0.4, 0.5) is 0 Å². The van der Waals surface area contributed by atoms with Crippen molar-refractivity contribution < 1.29 is 19.4 Å². The van der Waals surface area contributed by atoms with E-state index in [0.29, 0.717) is 17.9 Å². The second kappa shape index (κ2) is 8.48. The monoisotopic (exact) mass is 433 g/mol. The van der Waals surface area contributed by atoms with E-state index in [1.807, 2.05) is 32.0 Å². The number of hydrogen-bond acceptors (Lipinski definition) is 7. The van der Waals surface area contributed by atoms with E-state index < -0.39 is 24.0 Å². The molecule has 0 spiro atoms. The van der Waals surface area contributed by atoms with Gasteiger partial charge < -0.3 is 20.5 Å². The molecule has 0 saturated heterocycles. The van der Waals surface area contributed by atoms with E-state index >= 15 is 0 Å². The zero-order valence-electron chi connectivity index (χ0n) is 16.7. The molecule has 1 aromatic carbocycles. The highest BCUT2D eigenvalue weighted by atomic mass is 32.1. The highest BCUT2D eigenvalue weighted by Crippen LogP contribution is 2.34. The average Bonchev–Trinajstić information content (AvgIpc) is 3.26. The number of aliphatic hydroxyl groups is 1. The van der Waals surface area contributed by atoms with Gasteiger partial charge in [0.2, 0.25) is 5.91 Å². The number of amides is 2. The van der Waals surface area contributed by atoms with Gasteiger partial charge in [0, 0.05) is 28.2 Å². The Bertz CT molecular complexity index is 1060. The summed E-state index contributed by atoms with van der Waals surface area (Å²) in [6.07, 6.45) is 1.79. The molecule has 2 amide bonds. The third-order valence-electron chi connectivity index (χ3n) is 4.55. The minimum atomic E-state index is -1.41. The zero-order chi connectivity index (χ0) is 21.2. The summed E-state index contributed by atoms with van der Waals surface area (Å²) in [5, 5.41) is 16.5. The molecule has 0 aliphatic carbocycles. The molecule has 0 aliphatic heterocycles. The molecule has 0 bridgehead atoms. The largest absolute Gasteiger partial charge is 0.488 e. The Morgan fingerprint density at radius 1 is 1.28 bits per heavy atom. The number of thiazole rings is 1. The van der Waals surface area contributed by atoms with Gasteiger partial charge in [-0.1, -0.05) is 0 Å². The fourth-order valence-corrected chi connectivity index (χ4v) is 4.70. The van der Waals surface area contributed by atoms with Gasteiger partial charge in [-0.3, -0.25) is 9.59 Å². The lowest BCUT2D eigenvalue weighted by Gasteiger charge is -2.26. The Kier molecular flexibility index (Phi) is 6.21. The second-order valence-electron chi connectivity index (χ2n) is 6.85. The van der Waals surface area contributed by atoms with Gasteiger partial charge in [-0.25, -0.2) is 4.98 Å². The summed E-state index contributed by atoms with van der Waals surface area (Å²) in [4.78, 5) is 31.1. The van der Waals surface area contributed by atoms with Crippen LogP contribution in [0, 0.1) is 13.8 Å². The Balaban J connectivity index is 1.88. The van der Waals surface area contributed by atoms with Crippen LogP contribution in [0.1, 0.15) is 32.0 Å². The summed E-state index contributed by atoms with van der Waals surface area (Å²) in [5.41, 5.74) is -0.933. The van der Waals surface area contributed by atoms with Crippen LogP contribution in [0.25, 0.3) is 10.1 Å². The molecule has 1 atom stereocenters. The number of hydrogen-bond donors (Lipinski definition) is 3. The zero-order valence-corrected chi connectivity index (χ0v) is 18.3. The van der Waals surface area contributed by atoms with Gasteiger partial charge in [0.05, 0.1) is 22.1 Å². The number of nitrogens with zero attached hydrogens (tertiary/aromatic N) is 1. The number of aromatic nitrogens is 1. The van der Waals surface area contributed by atoms with Gasteiger partial charge in [0.25, 0.3) is 5.91 Å². The molecule has 0 aliphatic rings. The molecule has 0 fully saturated rings. The van der Waals surface area contributed by atoms with E-state index in [9.17, 15) is 14.7 Å². The summed E-state index contributed by atoms with van der Waals surface area (Å²) in [6, 6.07) is 5.62. The summed E-state index contributed by atoms with van der Waals surface area (Å²) in [7, 11) is 1.46. The van der Waals surface area contributed by atoms with Gasteiger partial charge >= 0.3 is 0 Å². The first-order valence-corrected chi connectivity index (χ1v) is 10.6. The van der Waals surface area contributed by atoms with E-state index in [1.54, 1.807) is 17.5 Å². The van der Waals surface area contributed by atoms with Crippen molar-refractivity contribution >= 4 is 44.6 Å². The minimum absolute atomic E-state index is 0.404. The van der Waals surface area contributed by atoms with E-state index in [0.717, 1.165) is 24.8 Å². The average molecular weight is 434 g/mol. The van der Waals surface area contributed by atoms with E-state index in [-0.39, 0.29) is 0 Å². The number of benzene rings is 1. The Hall–Kier alpha value is -2.49. The van der Waals surface area contributed by atoms with Crippen molar-refractivity contribution in [1.29, 1.82) is 0 Å². The summed E-state index contributed by atoms with van der Waals surface area (Å²) in [6.45, 7) is 5.18. The number of nitrogens with one attached hydrogen (secondary N) is 2. The lowest BCUT2D eigenvalue weighted by atomic mass is 10.0. The predicted molar refractivity (Wildman–Crippen MR) is 115 cm³/mol. The van der Waals surface area contributed by atoms with Crippen molar-refractivity contribution in [3.63, 3.8) is 0 Å².